The van der Waals surface area contributed by atoms with E-state index in [1.54, 1.807) is 12.1 Å². The van der Waals surface area contributed by atoms with Crippen molar-refractivity contribution in [3.8, 4) is 0 Å². The Hall–Kier alpha value is -2.37. The summed E-state index contributed by atoms with van der Waals surface area (Å²) in [5.74, 6) is -3.87. The van der Waals surface area contributed by atoms with Gasteiger partial charge in [0.05, 0.1) is 5.54 Å². The summed E-state index contributed by atoms with van der Waals surface area (Å²) in [6.07, 6.45) is 0. The van der Waals surface area contributed by atoms with Crippen LogP contribution in [-0.4, -0.2) is 20.2 Å². The molecule has 114 valence electrons. The summed E-state index contributed by atoms with van der Waals surface area (Å²) in [6, 6.07) is 11.9. The average Bonchev–Trinajstić information content (AvgIpc) is 2.97. The van der Waals surface area contributed by atoms with Gasteiger partial charge in [-0.15, -0.1) is 10.2 Å². The summed E-state index contributed by atoms with van der Waals surface area (Å²) in [5.41, 5.74) is -0.635. The molecule has 0 N–H and O–H groups in total. The molecule has 0 amide bonds. The van der Waals surface area contributed by atoms with Gasteiger partial charge in [0.1, 0.15) is 0 Å². The molecule has 0 fully saturated rings. The Morgan fingerprint density at radius 2 is 1.64 bits per heavy atom. The lowest BCUT2D eigenvalue weighted by Crippen LogP contribution is -2.25. The third-order valence-electron chi connectivity index (χ3n) is 3.41. The molecule has 0 aliphatic rings. The number of hydrogen-bond donors (Lipinski definition) is 0. The molecule has 1 heterocycles. The van der Waals surface area contributed by atoms with E-state index in [0.717, 1.165) is 10.8 Å². The number of alkyl halides is 2. The summed E-state index contributed by atoms with van der Waals surface area (Å²) >= 11 is 0. The molecular formula is C16H16F2N4. The minimum atomic E-state index is -3.28. The van der Waals surface area contributed by atoms with Crippen LogP contribution in [0.25, 0.3) is 10.8 Å². The third kappa shape index (κ3) is 2.45. The van der Waals surface area contributed by atoms with Crippen molar-refractivity contribution in [3.05, 3.63) is 53.9 Å². The first-order valence-corrected chi connectivity index (χ1v) is 6.96. The summed E-state index contributed by atoms with van der Waals surface area (Å²) in [5, 5.41) is 12.8. The van der Waals surface area contributed by atoms with Crippen LogP contribution in [0.1, 0.15) is 32.2 Å². The first-order valence-electron chi connectivity index (χ1n) is 6.96. The molecule has 3 rings (SSSR count). The number of fused-ring (bicyclic) bond motifs is 1. The number of hydrogen-bond acceptors (Lipinski definition) is 3. The van der Waals surface area contributed by atoms with Crippen molar-refractivity contribution in [2.75, 3.05) is 0 Å². The zero-order chi connectivity index (χ0) is 16.0. The van der Waals surface area contributed by atoms with E-state index in [9.17, 15) is 8.78 Å². The van der Waals surface area contributed by atoms with Crippen molar-refractivity contribution in [2.24, 2.45) is 0 Å². The van der Waals surface area contributed by atoms with E-state index in [4.69, 9.17) is 0 Å². The quantitative estimate of drug-likeness (QED) is 0.724. The average molecular weight is 302 g/mol. The van der Waals surface area contributed by atoms with Gasteiger partial charge in [-0.2, -0.15) is 13.6 Å². The maximum atomic E-state index is 14.6. The maximum absolute atomic E-state index is 14.6. The minimum absolute atomic E-state index is 0.139. The lowest BCUT2D eigenvalue weighted by molar-refractivity contribution is 0.0322. The minimum Gasteiger partial charge on any atom is -0.192 e. The molecule has 0 saturated carbocycles. The van der Waals surface area contributed by atoms with Gasteiger partial charge in [-0.05, 0) is 42.8 Å². The van der Waals surface area contributed by atoms with Gasteiger partial charge in [0.2, 0.25) is 5.82 Å². The molecule has 1 aromatic heterocycles. The number of halogens is 2. The SMILES string of the molecule is CC(C)(C)n1nnc(C(F)(F)c2ccc3ccccc3c2)n1. The van der Waals surface area contributed by atoms with Crippen LogP contribution in [-0.2, 0) is 11.5 Å². The van der Waals surface area contributed by atoms with Crippen LogP contribution >= 0.6 is 0 Å². The van der Waals surface area contributed by atoms with Crippen LogP contribution < -0.4 is 0 Å². The van der Waals surface area contributed by atoms with Crippen LogP contribution in [0.3, 0.4) is 0 Å². The van der Waals surface area contributed by atoms with Gasteiger partial charge in [-0.25, -0.2) is 0 Å². The molecule has 4 nitrogen and oxygen atoms in total. The summed E-state index contributed by atoms with van der Waals surface area (Å²) < 4.78 is 29.3. The Bertz CT molecular complexity index is 818. The second-order valence-electron chi connectivity index (χ2n) is 6.21. The lowest BCUT2D eigenvalue weighted by atomic mass is 10.0. The topological polar surface area (TPSA) is 43.6 Å². The van der Waals surface area contributed by atoms with E-state index in [0.29, 0.717) is 0 Å². The van der Waals surface area contributed by atoms with Gasteiger partial charge in [0.15, 0.2) is 0 Å². The van der Waals surface area contributed by atoms with Crippen molar-refractivity contribution in [3.63, 3.8) is 0 Å². The van der Waals surface area contributed by atoms with E-state index in [1.165, 1.54) is 16.9 Å². The zero-order valence-electron chi connectivity index (χ0n) is 12.6. The number of rotatable bonds is 2. The van der Waals surface area contributed by atoms with E-state index in [-0.39, 0.29) is 5.56 Å². The Balaban J connectivity index is 2.05. The molecule has 0 bridgehead atoms. The lowest BCUT2D eigenvalue weighted by Gasteiger charge is -2.16. The van der Waals surface area contributed by atoms with E-state index in [2.05, 4.69) is 15.4 Å². The smallest absolute Gasteiger partial charge is 0.192 e. The van der Waals surface area contributed by atoms with Gasteiger partial charge in [-0.1, -0.05) is 36.4 Å². The van der Waals surface area contributed by atoms with Gasteiger partial charge in [-0.3, -0.25) is 0 Å². The molecule has 22 heavy (non-hydrogen) atoms. The van der Waals surface area contributed by atoms with Crippen LogP contribution in [0.2, 0.25) is 0 Å². The molecule has 0 radical (unpaired) electrons. The monoisotopic (exact) mass is 302 g/mol. The fourth-order valence-electron chi connectivity index (χ4n) is 2.14. The predicted molar refractivity (Wildman–Crippen MR) is 79.8 cm³/mol. The third-order valence-corrected chi connectivity index (χ3v) is 3.41. The maximum Gasteiger partial charge on any atom is 0.335 e. The second-order valence-corrected chi connectivity index (χ2v) is 6.21. The van der Waals surface area contributed by atoms with Gasteiger partial charge in [0, 0.05) is 5.56 Å². The molecule has 0 aliphatic carbocycles. The highest BCUT2D eigenvalue weighted by Gasteiger charge is 2.40. The Morgan fingerprint density at radius 3 is 2.27 bits per heavy atom. The van der Waals surface area contributed by atoms with Gasteiger partial charge >= 0.3 is 5.92 Å². The number of benzene rings is 2. The molecule has 0 atom stereocenters. The highest BCUT2D eigenvalue weighted by molar-refractivity contribution is 5.83. The Kier molecular flexibility index (Phi) is 3.20. The molecular weight excluding hydrogens is 286 g/mol. The molecule has 3 aromatic rings. The molecule has 0 saturated heterocycles. The number of nitrogens with zero attached hydrogens (tertiary/aromatic N) is 4. The van der Waals surface area contributed by atoms with Crippen molar-refractivity contribution in [2.45, 2.75) is 32.2 Å². The van der Waals surface area contributed by atoms with Crippen molar-refractivity contribution in [1.82, 2.24) is 20.2 Å². The van der Waals surface area contributed by atoms with E-state index in [1.807, 2.05) is 39.0 Å². The van der Waals surface area contributed by atoms with Crippen molar-refractivity contribution < 1.29 is 8.78 Å². The van der Waals surface area contributed by atoms with Gasteiger partial charge < -0.3 is 0 Å². The fourth-order valence-corrected chi connectivity index (χ4v) is 2.14. The van der Waals surface area contributed by atoms with Crippen LogP contribution in [0.4, 0.5) is 8.78 Å². The fraction of sp³-hybridized carbons (Fsp3) is 0.312. The van der Waals surface area contributed by atoms with Gasteiger partial charge in [0.25, 0.3) is 0 Å². The van der Waals surface area contributed by atoms with Crippen LogP contribution in [0, 0.1) is 0 Å². The van der Waals surface area contributed by atoms with Crippen molar-refractivity contribution >= 4 is 10.8 Å². The Morgan fingerprint density at radius 1 is 0.955 bits per heavy atom. The predicted octanol–water partition coefficient (Wildman–Crippen LogP) is 3.72. The van der Waals surface area contributed by atoms with E-state index < -0.39 is 17.3 Å². The molecule has 0 unspecified atom stereocenters. The molecule has 2 aromatic carbocycles. The second kappa shape index (κ2) is 4.83. The van der Waals surface area contributed by atoms with Crippen LogP contribution in [0.5, 0.6) is 0 Å². The summed E-state index contributed by atoms with van der Waals surface area (Å²) in [7, 11) is 0. The largest absolute Gasteiger partial charge is 0.335 e. The van der Waals surface area contributed by atoms with Crippen molar-refractivity contribution in [1.29, 1.82) is 0 Å². The highest BCUT2D eigenvalue weighted by Crippen LogP contribution is 2.34. The molecule has 6 heteroatoms. The summed E-state index contributed by atoms with van der Waals surface area (Å²) in [4.78, 5) is 1.21. The van der Waals surface area contributed by atoms with Crippen LogP contribution in [0.15, 0.2) is 42.5 Å². The first kappa shape index (κ1) is 14.6. The highest BCUT2D eigenvalue weighted by atomic mass is 19.3. The Labute approximate surface area is 126 Å². The van der Waals surface area contributed by atoms with E-state index >= 15 is 0 Å². The number of aromatic nitrogens is 4. The normalized spacial score (nSPS) is 12.8. The standard InChI is InChI=1S/C16H16F2N4/c1-15(2,3)22-20-14(19-21-22)16(17,18)13-9-8-11-6-4-5-7-12(11)10-13/h4-10H,1-3H3. The molecule has 0 aliphatic heterocycles. The zero-order valence-corrected chi connectivity index (χ0v) is 12.6. The first-order chi connectivity index (χ1) is 10.3. The number of tetrazole rings is 1. The molecule has 0 spiro atoms. The summed E-state index contributed by atoms with van der Waals surface area (Å²) in [6.45, 7) is 5.48.